The Morgan fingerprint density at radius 3 is 0.580 bits per heavy atom. The fourth-order valence-electron chi connectivity index (χ4n) is 10.4. The molecule has 0 fully saturated rings. The molecule has 9 nitrogen and oxygen atoms in total. The molecule has 3 atom stereocenters. The molecule has 9 heteroatoms. The fraction of sp³-hybridized carbons (Fsp3) is 0.850. The van der Waals surface area contributed by atoms with Crippen molar-refractivity contribution in [3.63, 3.8) is 0 Å². The van der Waals surface area contributed by atoms with Gasteiger partial charge in [-0.3, -0.25) is 29.1 Å². The Labute approximate surface area is 425 Å². The predicted octanol–water partition coefficient (Wildman–Crippen LogP) is 17.1. The molecule has 3 unspecified atom stereocenters. The number of benzene rings is 1. The summed E-state index contributed by atoms with van der Waals surface area (Å²) >= 11 is 0. The number of rotatable bonds is 51. The smallest absolute Gasteiger partial charge is 0.325 e. The first-order chi connectivity index (χ1) is 33.6. The summed E-state index contributed by atoms with van der Waals surface area (Å²) < 4.78 is 0. The second-order valence-corrected chi connectivity index (χ2v) is 20.9. The maximum absolute atomic E-state index is 13.9. The van der Waals surface area contributed by atoms with Crippen LogP contribution in [0.15, 0.2) is 18.2 Å². The molecule has 402 valence electrons. The van der Waals surface area contributed by atoms with Crippen molar-refractivity contribution in [2.24, 2.45) is 0 Å². The fourth-order valence-corrected chi connectivity index (χ4v) is 10.4. The highest BCUT2D eigenvalue weighted by Gasteiger charge is 2.35. The van der Waals surface area contributed by atoms with E-state index < -0.39 is 36.0 Å². The molecule has 0 heterocycles. The summed E-state index contributed by atoms with van der Waals surface area (Å²) in [6.07, 6.45) is 39.6. The molecule has 0 aliphatic rings. The van der Waals surface area contributed by atoms with Crippen LogP contribution < -0.4 is 0 Å². The molecule has 69 heavy (non-hydrogen) atoms. The quantitative estimate of drug-likeness (QED) is 0.0548. The molecular formula is C60H111N3O6. The summed E-state index contributed by atoms with van der Waals surface area (Å²) in [4.78, 5) is 48.1. The van der Waals surface area contributed by atoms with E-state index in [-0.39, 0.29) is 0 Å². The highest BCUT2D eigenvalue weighted by molar-refractivity contribution is 5.80. The van der Waals surface area contributed by atoms with Gasteiger partial charge >= 0.3 is 17.9 Å². The lowest BCUT2D eigenvalue weighted by molar-refractivity contribution is -0.144. The first kappa shape index (κ1) is 64.5. The van der Waals surface area contributed by atoms with Gasteiger partial charge in [-0.15, -0.1) is 0 Å². The second-order valence-electron chi connectivity index (χ2n) is 20.9. The van der Waals surface area contributed by atoms with E-state index in [0.29, 0.717) is 56.0 Å². The second kappa shape index (κ2) is 44.2. The summed E-state index contributed by atoms with van der Waals surface area (Å²) in [6.45, 7) is 17.1. The van der Waals surface area contributed by atoms with Gasteiger partial charge in [0, 0.05) is 0 Å². The van der Waals surface area contributed by atoms with Crippen LogP contribution in [0.3, 0.4) is 0 Å². The molecule has 0 aliphatic carbocycles. The first-order valence-corrected chi connectivity index (χ1v) is 29.7. The Bertz CT molecular complexity index is 1170. The number of carbonyl (C=O) groups is 3. The zero-order valence-electron chi connectivity index (χ0n) is 46.1. The highest BCUT2D eigenvalue weighted by Crippen LogP contribution is 2.35. The van der Waals surface area contributed by atoms with E-state index in [1.54, 1.807) is 0 Å². The van der Waals surface area contributed by atoms with Gasteiger partial charge in [-0.1, -0.05) is 252 Å². The van der Waals surface area contributed by atoms with E-state index in [1.165, 1.54) is 116 Å². The summed E-state index contributed by atoms with van der Waals surface area (Å²) in [7, 11) is 0. The highest BCUT2D eigenvalue weighted by atomic mass is 16.4. The molecule has 0 aromatic heterocycles. The van der Waals surface area contributed by atoms with Crippen LogP contribution in [0, 0.1) is 0 Å². The number of hydrogen-bond donors (Lipinski definition) is 3. The maximum atomic E-state index is 13.9. The monoisotopic (exact) mass is 970 g/mol. The Morgan fingerprint density at radius 1 is 0.290 bits per heavy atom. The van der Waals surface area contributed by atoms with Crippen molar-refractivity contribution >= 4 is 17.9 Å². The van der Waals surface area contributed by atoms with Crippen LogP contribution in [0.4, 0.5) is 0 Å². The molecule has 3 N–H and O–H groups in total. The minimum atomic E-state index is -1.02. The van der Waals surface area contributed by atoms with Gasteiger partial charge in [-0.05, 0) is 94.5 Å². The maximum Gasteiger partial charge on any atom is 0.325 e. The number of unbranched alkanes of at least 4 members (excludes halogenated alkanes) is 30. The Hall–Kier alpha value is -2.49. The first-order valence-electron chi connectivity index (χ1n) is 29.7. The third-order valence-corrected chi connectivity index (χ3v) is 14.5. The van der Waals surface area contributed by atoms with Gasteiger partial charge < -0.3 is 15.3 Å². The van der Waals surface area contributed by atoms with E-state index in [4.69, 9.17) is 0 Å². The Morgan fingerprint density at radius 2 is 0.435 bits per heavy atom. The van der Waals surface area contributed by atoms with Crippen molar-refractivity contribution in [2.45, 2.75) is 291 Å². The van der Waals surface area contributed by atoms with Crippen molar-refractivity contribution in [3.05, 3.63) is 34.9 Å². The van der Waals surface area contributed by atoms with Gasteiger partial charge in [0.1, 0.15) is 18.1 Å². The molecule has 1 rings (SSSR count). The van der Waals surface area contributed by atoms with Gasteiger partial charge in [0.2, 0.25) is 0 Å². The molecule has 0 spiro atoms. The molecule has 0 amide bonds. The normalized spacial score (nSPS) is 13.2. The van der Waals surface area contributed by atoms with Crippen molar-refractivity contribution < 1.29 is 29.7 Å². The zero-order valence-corrected chi connectivity index (χ0v) is 46.1. The summed E-state index contributed by atoms with van der Waals surface area (Å²) in [6, 6.07) is 2.52. The minimum absolute atomic E-state index is 0.516. The predicted molar refractivity (Wildman–Crippen MR) is 293 cm³/mol. The van der Waals surface area contributed by atoms with Crippen molar-refractivity contribution in [1.29, 1.82) is 0 Å². The lowest BCUT2D eigenvalue weighted by Gasteiger charge is -2.34. The van der Waals surface area contributed by atoms with Crippen LogP contribution in [0.5, 0.6) is 0 Å². The van der Waals surface area contributed by atoms with Crippen LogP contribution in [-0.4, -0.2) is 87.2 Å². The minimum Gasteiger partial charge on any atom is -0.480 e. The summed E-state index contributed by atoms with van der Waals surface area (Å²) in [5.74, 6) is -2.87. The van der Waals surface area contributed by atoms with E-state index in [2.05, 4.69) is 56.2 Å². The van der Waals surface area contributed by atoms with Gasteiger partial charge in [0.15, 0.2) is 0 Å². The number of hydrogen-bond acceptors (Lipinski definition) is 6. The average molecular weight is 971 g/mol. The molecular weight excluding hydrogens is 859 g/mol. The SMILES string of the molecule is CCCCCCCCN(CCCCCCCC)C(C(=O)O)c1cc(C(C(=O)O)N(CCCCCCCC)CCCCCCCC)cc(C(C(=O)O)N(CCCCCCCC)CCCCCCCC)c1. The van der Waals surface area contributed by atoms with E-state index in [9.17, 15) is 29.7 Å². The third kappa shape index (κ3) is 30.2. The zero-order chi connectivity index (χ0) is 50.7. The summed E-state index contributed by atoms with van der Waals surface area (Å²) in [5.41, 5.74) is 1.55. The molecule has 0 saturated carbocycles. The lowest BCUT2D eigenvalue weighted by atomic mass is 9.91. The van der Waals surface area contributed by atoms with E-state index >= 15 is 0 Å². The van der Waals surface area contributed by atoms with Crippen LogP contribution >= 0.6 is 0 Å². The topological polar surface area (TPSA) is 122 Å². The number of carboxylic acid groups (broad SMARTS) is 3. The summed E-state index contributed by atoms with van der Waals surface area (Å²) in [5, 5.41) is 34.1. The van der Waals surface area contributed by atoms with Crippen molar-refractivity contribution in [1.82, 2.24) is 14.7 Å². The molecule has 0 aliphatic heterocycles. The average Bonchev–Trinajstić information content (AvgIpc) is 3.32. The van der Waals surface area contributed by atoms with Gasteiger partial charge in [-0.25, -0.2) is 0 Å². The molecule has 1 aromatic carbocycles. The third-order valence-electron chi connectivity index (χ3n) is 14.5. The Kier molecular flexibility index (Phi) is 41.4. The largest absolute Gasteiger partial charge is 0.480 e. The molecule has 0 radical (unpaired) electrons. The molecule has 1 aromatic rings. The van der Waals surface area contributed by atoms with E-state index in [1.807, 2.05) is 18.2 Å². The van der Waals surface area contributed by atoms with Crippen LogP contribution in [0.1, 0.15) is 308 Å². The number of aliphatic carboxylic acids is 3. The van der Waals surface area contributed by atoms with Crippen LogP contribution in [0.2, 0.25) is 0 Å². The molecule has 0 saturated heterocycles. The number of nitrogens with zero attached hydrogens (tertiary/aromatic N) is 3. The van der Waals surface area contributed by atoms with Gasteiger partial charge in [0.25, 0.3) is 0 Å². The molecule has 0 bridgehead atoms. The van der Waals surface area contributed by atoms with Crippen LogP contribution in [0.25, 0.3) is 0 Å². The van der Waals surface area contributed by atoms with Gasteiger partial charge in [-0.2, -0.15) is 0 Å². The van der Waals surface area contributed by atoms with E-state index in [0.717, 1.165) is 116 Å². The lowest BCUT2D eigenvalue weighted by Crippen LogP contribution is -2.39. The standard InChI is InChI=1S/C60H111N3O6/c1-7-13-19-25-31-37-43-61(44-38-32-26-20-14-8-2)55(58(64)65)52-49-53(56(59(66)67)62(45-39-33-27-21-15-9-3)46-40-34-28-22-16-10-4)51-54(50-52)57(60(68)69)63(47-41-35-29-23-17-11-5)48-42-36-30-24-18-12-6/h49-51,55-57H,7-48H2,1-6H3,(H,64,65)(H,66,67)(H,68,69). The number of carboxylic acids is 3. The van der Waals surface area contributed by atoms with Crippen molar-refractivity contribution in [3.8, 4) is 0 Å². The van der Waals surface area contributed by atoms with Crippen LogP contribution in [-0.2, 0) is 14.4 Å². The van der Waals surface area contributed by atoms with Crippen molar-refractivity contribution in [2.75, 3.05) is 39.3 Å². The Balaban J connectivity index is 4.08. The van der Waals surface area contributed by atoms with Gasteiger partial charge in [0.05, 0.1) is 0 Å².